The van der Waals surface area contributed by atoms with E-state index in [0.717, 1.165) is 22.4 Å². The van der Waals surface area contributed by atoms with Crippen LogP contribution in [0.15, 0.2) is 67.0 Å². The lowest BCUT2D eigenvalue weighted by molar-refractivity contribution is 1.30. The summed E-state index contributed by atoms with van der Waals surface area (Å²) in [5.74, 6) is 0.922. The molecule has 2 heterocycles. The van der Waals surface area contributed by atoms with E-state index in [2.05, 4.69) is 19.9 Å². The van der Waals surface area contributed by atoms with Crippen LogP contribution in [0, 0.1) is 4.77 Å². The molecule has 2 aromatic carbocycles. The second-order valence-electron chi connectivity index (χ2n) is 4.43. The van der Waals surface area contributed by atoms with Crippen molar-refractivity contribution in [1.29, 1.82) is 0 Å². The first kappa shape index (κ1) is 13.3. The summed E-state index contributed by atoms with van der Waals surface area (Å²) >= 11 is 4.90. The van der Waals surface area contributed by atoms with Crippen LogP contribution in [0.5, 0.6) is 0 Å². The van der Waals surface area contributed by atoms with Gasteiger partial charge in [0.2, 0.25) is 0 Å². The van der Waals surface area contributed by atoms with Gasteiger partial charge in [0.1, 0.15) is 5.82 Å². The lowest BCUT2D eigenvalue weighted by Crippen LogP contribution is -1.77. The van der Waals surface area contributed by atoms with E-state index >= 15 is 0 Å². The monoisotopic (exact) mass is 294 g/mol. The van der Waals surface area contributed by atoms with E-state index in [1.54, 1.807) is 6.20 Å². The average molecular weight is 294 g/mol. The number of imidazole rings is 2. The van der Waals surface area contributed by atoms with Crippen LogP contribution in [0.4, 0.5) is 0 Å². The molecule has 0 fully saturated rings. The fourth-order valence-corrected chi connectivity index (χ4v) is 2.22. The molecule has 0 spiro atoms. The van der Waals surface area contributed by atoms with Gasteiger partial charge >= 0.3 is 0 Å². The summed E-state index contributed by atoms with van der Waals surface area (Å²) in [7, 11) is 0. The maximum atomic E-state index is 4.90. The fourth-order valence-electron chi connectivity index (χ4n) is 2.00. The van der Waals surface area contributed by atoms with Gasteiger partial charge in [0.25, 0.3) is 0 Å². The van der Waals surface area contributed by atoms with Gasteiger partial charge in [0.05, 0.1) is 11.0 Å². The third kappa shape index (κ3) is 3.27. The molecule has 104 valence electrons. The number of H-pyrrole nitrogens is 3. The highest BCUT2D eigenvalue weighted by molar-refractivity contribution is 7.71. The van der Waals surface area contributed by atoms with Crippen LogP contribution in [0.3, 0.4) is 0 Å². The minimum atomic E-state index is 0.682. The molecule has 0 aliphatic heterocycles. The van der Waals surface area contributed by atoms with Crippen LogP contribution in [0.1, 0.15) is 0 Å². The van der Waals surface area contributed by atoms with Crippen molar-refractivity contribution in [3.8, 4) is 11.4 Å². The number of para-hydroxylation sites is 2. The first-order valence-electron chi connectivity index (χ1n) is 6.55. The molecule has 0 amide bonds. The quantitative estimate of drug-likeness (QED) is 0.458. The third-order valence-electron chi connectivity index (χ3n) is 2.97. The van der Waals surface area contributed by atoms with Gasteiger partial charge in [0, 0.05) is 18.0 Å². The summed E-state index contributed by atoms with van der Waals surface area (Å²) in [5.41, 5.74) is 3.25. The summed E-state index contributed by atoms with van der Waals surface area (Å²) in [4.78, 5) is 13.2. The van der Waals surface area contributed by atoms with Gasteiger partial charge in [-0.2, -0.15) is 0 Å². The van der Waals surface area contributed by atoms with Crippen molar-refractivity contribution < 1.29 is 0 Å². The van der Waals surface area contributed by atoms with E-state index in [1.807, 2.05) is 60.8 Å². The van der Waals surface area contributed by atoms with Crippen molar-refractivity contribution >= 4 is 23.3 Å². The molecule has 21 heavy (non-hydrogen) atoms. The second-order valence-corrected chi connectivity index (χ2v) is 4.84. The molecular formula is C16H14N4S. The molecule has 4 nitrogen and oxygen atoms in total. The third-order valence-corrected chi connectivity index (χ3v) is 3.17. The summed E-state index contributed by atoms with van der Waals surface area (Å²) in [6.45, 7) is 0. The number of hydrogen-bond acceptors (Lipinski definition) is 2. The summed E-state index contributed by atoms with van der Waals surface area (Å²) in [5, 5.41) is 0. The number of nitrogens with zero attached hydrogens (tertiary/aromatic N) is 1. The zero-order valence-electron chi connectivity index (χ0n) is 11.2. The molecule has 0 saturated carbocycles. The van der Waals surface area contributed by atoms with E-state index in [0.29, 0.717) is 4.77 Å². The van der Waals surface area contributed by atoms with Crippen molar-refractivity contribution in [2.24, 2.45) is 0 Å². The van der Waals surface area contributed by atoms with E-state index in [-0.39, 0.29) is 0 Å². The first-order valence-corrected chi connectivity index (χ1v) is 6.95. The summed E-state index contributed by atoms with van der Waals surface area (Å²) in [6.07, 6.45) is 3.57. The van der Waals surface area contributed by atoms with Crippen molar-refractivity contribution in [3.05, 3.63) is 71.8 Å². The number of fused-ring (bicyclic) bond motifs is 1. The minimum absolute atomic E-state index is 0.682. The topological polar surface area (TPSA) is 60.3 Å². The summed E-state index contributed by atoms with van der Waals surface area (Å²) in [6, 6.07) is 18.0. The molecular weight excluding hydrogens is 280 g/mol. The number of nitrogens with one attached hydrogen (secondary N) is 3. The molecule has 3 N–H and O–H groups in total. The van der Waals surface area contributed by atoms with Gasteiger partial charge in [-0.25, -0.2) is 4.98 Å². The van der Waals surface area contributed by atoms with Gasteiger partial charge in [-0.1, -0.05) is 42.5 Å². The fraction of sp³-hybridized carbons (Fsp3) is 0. The zero-order chi connectivity index (χ0) is 14.5. The Morgan fingerprint density at radius 1 is 0.810 bits per heavy atom. The zero-order valence-corrected chi connectivity index (χ0v) is 12.0. The Bertz CT molecular complexity index is 824. The van der Waals surface area contributed by atoms with E-state index in [1.165, 1.54) is 0 Å². The first-order chi connectivity index (χ1) is 10.3. The molecule has 2 aromatic heterocycles. The van der Waals surface area contributed by atoms with Crippen LogP contribution in [0.25, 0.3) is 22.4 Å². The molecule has 0 saturated heterocycles. The lowest BCUT2D eigenvalue weighted by atomic mass is 10.2. The standard InChI is InChI=1S/C9H8N2.C7H6N2S/c1-2-4-8(5-3-1)9-10-6-7-11-9;10-7-8-5-3-1-2-4-6(5)9-7/h1-7H,(H,10,11);1-4H,(H2,8,9,10). The maximum absolute atomic E-state index is 4.90. The van der Waals surface area contributed by atoms with Crippen LogP contribution in [-0.4, -0.2) is 19.9 Å². The molecule has 4 rings (SSSR count). The second kappa shape index (κ2) is 6.19. The molecule has 0 atom stereocenters. The predicted octanol–water partition coefficient (Wildman–Crippen LogP) is 4.30. The van der Waals surface area contributed by atoms with Crippen molar-refractivity contribution in [2.75, 3.05) is 0 Å². The SMILES string of the molecule is S=c1[nH]c2ccccc2[nH]1.c1ccc(-c2ncc[nH]2)cc1. The predicted molar refractivity (Wildman–Crippen MR) is 87.5 cm³/mol. The Balaban J connectivity index is 0.000000126. The molecule has 5 heteroatoms. The molecule has 0 radical (unpaired) electrons. The number of aromatic nitrogens is 4. The lowest BCUT2D eigenvalue weighted by Gasteiger charge is -1.92. The van der Waals surface area contributed by atoms with Gasteiger partial charge in [-0.15, -0.1) is 0 Å². The molecule has 0 unspecified atom stereocenters. The maximum Gasteiger partial charge on any atom is 0.175 e. The highest BCUT2D eigenvalue weighted by Crippen LogP contribution is 2.11. The normalized spacial score (nSPS) is 10.1. The Hall–Kier alpha value is -2.66. The van der Waals surface area contributed by atoms with Crippen LogP contribution >= 0.6 is 12.2 Å². The smallest absolute Gasteiger partial charge is 0.175 e. The highest BCUT2D eigenvalue weighted by atomic mass is 32.1. The van der Waals surface area contributed by atoms with Crippen LogP contribution in [0.2, 0.25) is 0 Å². The Kier molecular flexibility index (Phi) is 3.93. The molecule has 0 bridgehead atoms. The van der Waals surface area contributed by atoms with Crippen LogP contribution in [-0.2, 0) is 0 Å². The Labute approximate surface area is 126 Å². The van der Waals surface area contributed by atoms with Crippen molar-refractivity contribution in [2.45, 2.75) is 0 Å². The Morgan fingerprint density at radius 2 is 1.43 bits per heavy atom. The molecule has 0 aliphatic rings. The van der Waals surface area contributed by atoms with Crippen LogP contribution < -0.4 is 0 Å². The highest BCUT2D eigenvalue weighted by Gasteiger charge is 1.95. The van der Waals surface area contributed by atoms with Gasteiger partial charge < -0.3 is 15.0 Å². The largest absolute Gasteiger partial charge is 0.345 e. The summed E-state index contributed by atoms with van der Waals surface area (Å²) < 4.78 is 0.682. The van der Waals surface area contributed by atoms with Gasteiger partial charge in [-0.05, 0) is 24.4 Å². The molecule has 0 aliphatic carbocycles. The molecule has 4 aromatic rings. The Morgan fingerprint density at radius 3 is 2.00 bits per heavy atom. The van der Waals surface area contributed by atoms with E-state index < -0.39 is 0 Å². The van der Waals surface area contributed by atoms with Gasteiger partial charge in [0.15, 0.2) is 4.77 Å². The van der Waals surface area contributed by atoms with E-state index in [4.69, 9.17) is 12.2 Å². The minimum Gasteiger partial charge on any atom is -0.345 e. The average Bonchev–Trinajstić information content (AvgIpc) is 3.17. The van der Waals surface area contributed by atoms with E-state index in [9.17, 15) is 0 Å². The number of hydrogen-bond donors (Lipinski definition) is 3. The van der Waals surface area contributed by atoms with Crippen molar-refractivity contribution in [3.63, 3.8) is 0 Å². The number of aromatic amines is 3. The number of benzene rings is 2. The van der Waals surface area contributed by atoms with Gasteiger partial charge in [-0.3, -0.25) is 0 Å². The van der Waals surface area contributed by atoms with Crippen molar-refractivity contribution in [1.82, 2.24) is 19.9 Å². The number of rotatable bonds is 1.